The largest absolute Gasteiger partial charge is 0.463 e. The van der Waals surface area contributed by atoms with Crippen LogP contribution in [0.2, 0.25) is 0 Å². The van der Waals surface area contributed by atoms with Gasteiger partial charge in [0, 0.05) is 30.9 Å². The summed E-state index contributed by atoms with van der Waals surface area (Å²) in [5, 5.41) is 0. The third-order valence-corrected chi connectivity index (χ3v) is 2.94. The Hall–Kier alpha value is -1.65. The minimum Gasteiger partial charge on any atom is -0.463 e. The highest BCUT2D eigenvalue weighted by Gasteiger charge is 2.19. The van der Waals surface area contributed by atoms with Gasteiger partial charge in [0.1, 0.15) is 0 Å². The van der Waals surface area contributed by atoms with Gasteiger partial charge in [0.25, 0.3) is 0 Å². The van der Waals surface area contributed by atoms with E-state index in [0.717, 1.165) is 37.3 Å². The molecule has 2 heterocycles. The van der Waals surface area contributed by atoms with Crippen molar-refractivity contribution in [3.8, 4) is 6.01 Å². The lowest BCUT2D eigenvalue weighted by molar-refractivity contribution is -0.127. The minimum atomic E-state index is 0.262. The SMILES string of the molecule is Cc1cc(C)nc(OCCCN2CCCC2=O)n1. The van der Waals surface area contributed by atoms with Gasteiger partial charge < -0.3 is 9.64 Å². The van der Waals surface area contributed by atoms with Gasteiger partial charge in [-0.2, -0.15) is 0 Å². The molecule has 1 amide bonds. The predicted molar refractivity (Wildman–Crippen MR) is 67.4 cm³/mol. The lowest BCUT2D eigenvalue weighted by atomic mass is 10.4. The average molecular weight is 249 g/mol. The van der Waals surface area contributed by atoms with Crippen LogP contribution in [0.1, 0.15) is 30.7 Å². The molecule has 1 aromatic rings. The molecule has 0 N–H and O–H groups in total. The van der Waals surface area contributed by atoms with Gasteiger partial charge in [0.05, 0.1) is 6.61 Å². The van der Waals surface area contributed by atoms with Gasteiger partial charge in [-0.25, -0.2) is 9.97 Å². The summed E-state index contributed by atoms with van der Waals surface area (Å²) in [7, 11) is 0. The van der Waals surface area contributed by atoms with E-state index in [9.17, 15) is 4.79 Å². The molecule has 0 unspecified atom stereocenters. The number of nitrogens with zero attached hydrogens (tertiary/aromatic N) is 3. The number of rotatable bonds is 5. The maximum Gasteiger partial charge on any atom is 0.316 e. The lowest BCUT2D eigenvalue weighted by Gasteiger charge is -2.15. The molecule has 1 saturated heterocycles. The van der Waals surface area contributed by atoms with Crippen LogP contribution in [0.3, 0.4) is 0 Å². The molecule has 0 bridgehead atoms. The Morgan fingerprint density at radius 1 is 1.33 bits per heavy atom. The first kappa shape index (κ1) is 12.8. The van der Waals surface area contributed by atoms with E-state index in [0.29, 0.717) is 19.0 Å². The molecule has 0 aromatic carbocycles. The number of amides is 1. The van der Waals surface area contributed by atoms with E-state index < -0.39 is 0 Å². The van der Waals surface area contributed by atoms with Crippen LogP contribution in [0.4, 0.5) is 0 Å². The molecule has 1 fully saturated rings. The van der Waals surface area contributed by atoms with Gasteiger partial charge in [0.15, 0.2) is 0 Å². The Balaban J connectivity index is 1.73. The van der Waals surface area contributed by atoms with E-state index in [-0.39, 0.29) is 5.91 Å². The molecule has 98 valence electrons. The Labute approximate surface area is 107 Å². The summed E-state index contributed by atoms with van der Waals surface area (Å²) in [6.45, 7) is 6.05. The zero-order valence-electron chi connectivity index (χ0n) is 11.0. The third kappa shape index (κ3) is 3.42. The molecule has 18 heavy (non-hydrogen) atoms. The molecule has 0 spiro atoms. The van der Waals surface area contributed by atoms with Gasteiger partial charge in [-0.3, -0.25) is 4.79 Å². The van der Waals surface area contributed by atoms with Crippen LogP contribution in [0, 0.1) is 13.8 Å². The second-order valence-corrected chi connectivity index (χ2v) is 4.62. The summed E-state index contributed by atoms with van der Waals surface area (Å²) in [6.07, 6.45) is 2.50. The molecular formula is C13H19N3O2. The third-order valence-electron chi connectivity index (χ3n) is 2.94. The van der Waals surface area contributed by atoms with Crippen LogP contribution in [0.5, 0.6) is 6.01 Å². The van der Waals surface area contributed by atoms with Crippen LogP contribution in [-0.2, 0) is 4.79 Å². The van der Waals surface area contributed by atoms with Crippen LogP contribution in [0.25, 0.3) is 0 Å². The van der Waals surface area contributed by atoms with Crippen molar-refractivity contribution in [1.29, 1.82) is 0 Å². The molecule has 2 rings (SSSR count). The van der Waals surface area contributed by atoms with Gasteiger partial charge in [0.2, 0.25) is 5.91 Å². The van der Waals surface area contributed by atoms with Crippen molar-refractivity contribution in [2.75, 3.05) is 19.7 Å². The summed E-state index contributed by atoms with van der Waals surface area (Å²) in [5.41, 5.74) is 1.82. The fourth-order valence-corrected chi connectivity index (χ4v) is 2.12. The molecule has 0 aliphatic carbocycles. The van der Waals surface area contributed by atoms with Crippen molar-refractivity contribution in [2.45, 2.75) is 33.1 Å². The normalized spacial score (nSPS) is 15.2. The molecule has 5 heteroatoms. The van der Waals surface area contributed by atoms with Crippen molar-refractivity contribution < 1.29 is 9.53 Å². The molecule has 5 nitrogen and oxygen atoms in total. The smallest absolute Gasteiger partial charge is 0.316 e. The minimum absolute atomic E-state index is 0.262. The van der Waals surface area contributed by atoms with Crippen molar-refractivity contribution >= 4 is 5.91 Å². The molecular weight excluding hydrogens is 230 g/mol. The maximum atomic E-state index is 11.4. The number of carbonyl (C=O) groups excluding carboxylic acids is 1. The Morgan fingerprint density at radius 2 is 2.06 bits per heavy atom. The van der Waals surface area contributed by atoms with Crippen LogP contribution in [-0.4, -0.2) is 40.5 Å². The van der Waals surface area contributed by atoms with Crippen LogP contribution in [0.15, 0.2) is 6.07 Å². The van der Waals surface area contributed by atoms with Crippen molar-refractivity contribution in [1.82, 2.24) is 14.9 Å². The standard InChI is InChI=1S/C13H19N3O2/c1-10-9-11(2)15-13(14-10)18-8-4-7-16-6-3-5-12(16)17/h9H,3-8H2,1-2H3. The molecule has 1 aliphatic rings. The molecule has 0 atom stereocenters. The molecule has 1 aliphatic heterocycles. The quantitative estimate of drug-likeness (QED) is 0.742. The van der Waals surface area contributed by atoms with Crippen molar-refractivity contribution in [2.24, 2.45) is 0 Å². The number of carbonyl (C=O) groups is 1. The monoisotopic (exact) mass is 249 g/mol. The van der Waals surface area contributed by atoms with Gasteiger partial charge in [-0.1, -0.05) is 0 Å². The summed E-state index contributed by atoms with van der Waals surface area (Å²) in [6, 6.07) is 2.34. The van der Waals surface area contributed by atoms with E-state index in [1.165, 1.54) is 0 Å². The second-order valence-electron chi connectivity index (χ2n) is 4.62. The van der Waals surface area contributed by atoms with Gasteiger partial charge in [-0.15, -0.1) is 0 Å². The highest BCUT2D eigenvalue weighted by molar-refractivity contribution is 5.77. The number of ether oxygens (including phenoxy) is 1. The predicted octanol–water partition coefficient (Wildman–Crippen LogP) is 1.48. The number of aromatic nitrogens is 2. The average Bonchev–Trinajstić information content (AvgIpc) is 2.69. The first-order valence-corrected chi connectivity index (χ1v) is 6.38. The lowest BCUT2D eigenvalue weighted by Crippen LogP contribution is -2.26. The Morgan fingerprint density at radius 3 is 2.67 bits per heavy atom. The zero-order chi connectivity index (χ0) is 13.0. The molecule has 1 aromatic heterocycles. The van der Waals surface area contributed by atoms with E-state index in [4.69, 9.17) is 4.74 Å². The summed E-state index contributed by atoms with van der Waals surface area (Å²) in [5.74, 6) is 0.262. The number of aryl methyl sites for hydroxylation is 2. The maximum absolute atomic E-state index is 11.4. The summed E-state index contributed by atoms with van der Waals surface area (Å²) in [4.78, 5) is 21.7. The van der Waals surface area contributed by atoms with Crippen molar-refractivity contribution in [3.63, 3.8) is 0 Å². The van der Waals surface area contributed by atoms with Gasteiger partial charge in [-0.05, 0) is 32.8 Å². The number of hydrogen-bond acceptors (Lipinski definition) is 4. The highest BCUT2D eigenvalue weighted by atomic mass is 16.5. The Bertz CT molecular complexity index is 414. The van der Waals surface area contributed by atoms with E-state index in [1.807, 2.05) is 24.8 Å². The van der Waals surface area contributed by atoms with Crippen molar-refractivity contribution in [3.05, 3.63) is 17.5 Å². The number of likely N-dealkylation sites (tertiary alicyclic amines) is 1. The summed E-state index contributed by atoms with van der Waals surface area (Å²) < 4.78 is 5.50. The van der Waals surface area contributed by atoms with Gasteiger partial charge >= 0.3 is 6.01 Å². The van der Waals surface area contributed by atoms with E-state index in [2.05, 4.69) is 9.97 Å². The van der Waals surface area contributed by atoms with E-state index >= 15 is 0 Å². The first-order chi connectivity index (χ1) is 8.65. The fraction of sp³-hybridized carbons (Fsp3) is 0.615. The fourth-order valence-electron chi connectivity index (χ4n) is 2.12. The molecule has 0 saturated carbocycles. The molecule has 0 radical (unpaired) electrons. The van der Waals surface area contributed by atoms with Crippen LogP contribution >= 0.6 is 0 Å². The summed E-state index contributed by atoms with van der Waals surface area (Å²) >= 11 is 0. The van der Waals surface area contributed by atoms with E-state index in [1.54, 1.807) is 0 Å². The van der Waals surface area contributed by atoms with Crippen LogP contribution < -0.4 is 4.74 Å². The zero-order valence-corrected chi connectivity index (χ0v) is 11.0. The first-order valence-electron chi connectivity index (χ1n) is 6.38. The highest BCUT2D eigenvalue weighted by Crippen LogP contribution is 2.10. The topological polar surface area (TPSA) is 55.3 Å². The second kappa shape index (κ2) is 5.80. The number of hydrogen-bond donors (Lipinski definition) is 0. The Kier molecular flexibility index (Phi) is 4.12.